The van der Waals surface area contributed by atoms with Crippen LogP contribution in [0.5, 0.6) is 0 Å². The molecule has 0 saturated carbocycles. The van der Waals surface area contributed by atoms with Crippen LogP contribution in [0.3, 0.4) is 0 Å². The van der Waals surface area contributed by atoms with Crippen LogP contribution in [0.15, 0.2) is 85.1 Å². The predicted octanol–water partition coefficient (Wildman–Crippen LogP) is 18.9. The van der Waals surface area contributed by atoms with Crippen molar-refractivity contribution >= 4 is 160 Å². The molecule has 2 aliphatic rings. The van der Waals surface area contributed by atoms with E-state index in [0.29, 0.717) is 128 Å². The van der Waals surface area contributed by atoms with Gasteiger partial charge in [0.25, 0.3) is 0 Å². The van der Waals surface area contributed by atoms with Gasteiger partial charge in [0.1, 0.15) is 0 Å². The summed E-state index contributed by atoms with van der Waals surface area (Å²) in [5.41, 5.74) is 2.01. The van der Waals surface area contributed by atoms with E-state index >= 15 is 0 Å². The summed E-state index contributed by atoms with van der Waals surface area (Å²) in [4.78, 5) is 88.7. The van der Waals surface area contributed by atoms with Gasteiger partial charge in [0, 0.05) is 39.0 Å². The average Bonchev–Trinajstić information content (AvgIpc) is 1.66. The first-order valence-electron chi connectivity index (χ1n) is 39.1. The van der Waals surface area contributed by atoms with Crippen LogP contribution in [-0.4, -0.2) is 206 Å². The van der Waals surface area contributed by atoms with Gasteiger partial charge in [-0.05, 0) is 284 Å². The molecule has 8 unspecified atom stereocenters. The predicted molar refractivity (Wildman–Crippen MR) is 491 cm³/mol. The topological polar surface area (TPSA) is 295 Å². The van der Waals surface area contributed by atoms with Crippen molar-refractivity contribution in [3.63, 3.8) is 0 Å². The Bertz CT molecular complexity index is 3250. The maximum atomic E-state index is 12.8. The molecule has 2 saturated heterocycles. The van der Waals surface area contributed by atoms with Crippen LogP contribution in [0.2, 0.25) is 191 Å². The van der Waals surface area contributed by atoms with Gasteiger partial charge in [0.05, 0.1) is 46.2 Å². The fourth-order valence-corrected chi connectivity index (χ4v) is 106. The molecule has 0 spiro atoms. The van der Waals surface area contributed by atoms with Crippen molar-refractivity contribution in [2.75, 3.05) is 46.2 Å². The van der Waals surface area contributed by atoms with Crippen LogP contribution in [-0.2, 0) is 116 Å². The molecule has 2 rings (SSSR count). The molecule has 0 aliphatic carbocycles. The lowest BCUT2D eigenvalue weighted by Crippen LogP contribution is -2.67. The average molecular weight is 1870 g/mol. The molecule has 0 aromatic rings. The molecule has 0 radical (unpaired) electrons. The number of esters is 7. The highest BCUT2D eigenvalue weighted by Gasteiger charge is 2.64. The quantitative estimate of drug-likeness (QED) is 0.0180. The molecule has 0 aromatic heterocycles. The van der Waals surface area contributed by atoms with Crippen LogP contribution >= 0.6 is 0 Å². The highest BCUT2D eigenvalue weighted by Crippen LogP contribution is 2.46. The van der Waals surface area contributed by atoms with Crippen LogP contribution in [0.4, 0.5) is 0 Å². The van der Waals surface area contributed by atoms with Gasteiger partial charge in [0.2, 0.25) is 0 Å². The second-order valence-electron chi connectivity index (χ2n) is 34.5. The van der Waals surface area contributed by atoms with Gasteiger partial charge in [0.15, 0.2) is 32.3 Å². The highest BCUT2D eigenvalue weighted by molar-refractivity contribution is 7.39. The van der Waals surface area contributed by atoms with Crippen molar-refractivity contribution < 1.29 is 116 Å². The van der Waals surface area contributed by atoms with Gasteiger partial charge in [-0.15, -0.1) is 0 Å². The maximum absolute atomic E-state index is 12.8. The first kappa shape index (κ1) is 114. The van der Waals surface area contributed by atoms with Gasteiger partial charge in [-0.1, -0.05) is 68.3 Å². The fourth-order valence-electron chi connectivity index (χ4n) is 13.9. The zero-order valence-corrected chi connectivity index (χ0v) is 87.2. The third-order valence-corrected chi connectivity index (χ3v) is 90.0. The summed E-state index contributed by atoms with van der Waals surface area (Å²) >= 11 is 0. The summed E-state index contributed by atoms with van der Waals surface area (Å²) in [6.07, 6.45) is 3.04. The van der Waals surface area contributed by atoms with Crippen LogP contribution < -0.4 is 0 Å². The Morgan fingerprint density at radius 2 is 0.400 bits per heavy atom. The number of hydrogen-bond donors (Lipinski definition) is 0. The molecule has 0 aromatic carbocycles. The van der Waals surface area contributed by atoms with Crippen molar-refractivity contribution in [3.05, 3.63) is 85.1 Å². The number of hydrogen-bond acceptors (Lipinski definition) is 26. The van der Waals surface area contributed by atoms with Gasteiger partial charge < -0.3 is 82.5 Å². The fraction of sp³-hybridized carbons (Fsp3) is 0.720. The normalized spacial score (nSPS) is 25.4. The Morgan fingerprint density at radius 3 is 0.600 bits per heavy atom. The molecular weight excluding hydrogens is 1710 g/mol. The number of rotatable bonds is 49. The Kier molecular flexibility index (Phi) is 47.8. The first-order valence-corrected chi connectivity index (χ1v) is 77.7. The second-order valence-corrected chi connectivity index (χ2v) is 92.4. The molecule has 2 fully saturated rings. The van der Waals surface area contributed by atoms with Crippen molar-refractivity contribution in [1.82, 2.24) is 0 Å². The minimum Gasteiger partial charge on any atom is -0.462 e. The van der Waals surface area contributed by atoms with Crippen molar-refractivity contribution in [2.24, 2.45) is 0 Å². The van der Waals surface area contributed by atoms with Crippen molar-refractivity contribution in [2.45, 2.75) is 307 Å². The Hall–Kier alpha value is -2.97. The van der Waals surface area contributed by atoms with Gasteiger partial charge in [-0.2, -0.15) is 0 Å². The highest BCUT2D eigenvalue weighted by atomic mass is 29.3. The third kappa shape index (κ3) is 42.6. The Labute approximate surface area is 708 Å². The zero-order valence-electron chi connectivity index (χ0n) is 73.2. The van der Waals surface area contributed by atoms with Crippen molar-refractivity contribution in [3.8, 4) is 0 Å². The van der Waals surface area contributed by atoms with E-state index in [2.05, 4.69) is 131 Å². The van der Waals surface area contributed by atoms with Crippen LogP contribution in [0, 0.1) is 0 Å². The molecule has 26 nitrogen and oxygen atoms in total. The molecule has 2 aliphatic heterocycles. The van der Waals surface area contributed by atoms with E-state index in [1.807, 2.05) is 39.3 Å². The summed E-state index contributed by atoms with van der Waals surface area (Å²) in [5, 5.41) is 0. The SMILES string of the molecule is C.C.C.C=C(C)C(=O)OCCC[Si]1(C)O[Si](C)(CCCOC(=O)C(=C)C)O[Si](C)(CCCOC(=O)C(=C)C)O[Si](C)(CC[Si](C)(C)O[Si](C)(C)O[Si](C)(C)O[Si](C)(C)O[Si](C)(C)CC[Si]2(C)O[Si](C)(CCCOC(=O)C(=C)C)O[Si](C)(CCCOC(=O)C(=C)C)O[Si]2(C)CCCOC(=O)C(=C)C)O[Si](C)(CCCOC(=O)C(=C)C)O1. The van der Waals surface area contributed by atoms with E-state index < -0.39 is 160 Å². The summed E-state index contributed by atoms with van der Waals surface area (Å²) in [5.74, 6) is -3.45. The molecule has 0 N–H and O–H groups in total. The van der Waals surface area contributed by atoms with Gasteiger partial charge in [-0.25, -0.2) is 33.6 Å². The molecule has 40 heteroatoms. The second kappa shape index (κ2) is 48.2. The van der Waals surface area contributed by atoms with E-state index in [9.17, 15) is 33.6 Å². The summed E-state index contributed by atoms with van der Waals surface area (Å²) < 4.78 is 130. The van der Waals surface area contributed by atoms with Gasteiger partial charge >= 0.3 is 127 Å². The Balaban J connectivity index is 0. The lowest BCUT2D eigenvalue weighted by Gasteiger charge is -2.51. The smallest absolute Gasteiger partial charge is 0.333 e. The first-order chi connectivity index (χ1) is 50.9. The molecule has 8 atom stereocenters. The minimum absolute atomic E-state index is 0. The van der Waals surface area contributed by atoms with E-state index in [4.69, 9.17) is 82.5 Å². The third-order valence-electron chi connectivity index (χ3n) is 18.5. The van der Waals surface area contributed by atoms with E-state index in [0.717, 1.165) is 0 Å². The molecule has 0 bridgehead atoms. The molecular formula is C75H154O26Si14. The lowest BCUT2D eigenvalue weighted by molar-refractivity contribution is -0.139. The lowest BCUT2D eigenvalue weighted by atomic mass is 10.4. The van der Waals surface area contributed by atoms with Crippen LogP contribution in [0.25, 0.3) is 0 Å². The number of carbonyl (C=O) groups is 7. The standard InChI is InChI=1S/C72H142O26Si14.3CH4/c1-59(2)66(73)80-41-34-48-104(25)91-105(26,49-35-42-81-67(74)60(3)4)93-107(28,51-37-44-83-69(76)62(7)8)95-110(31,94-106(27,92-104)50-36-43-82-68(75)61(5)6)57-55-99(15,16)87-101(19,20)89-103(23,24)90-102(21,22)88-100(17,18)56-58-112(33)98-109(30,53-39-46-85-71(78)64(11)12)96-108(29,52-38-45-84-70(77)63(9)10)97-111(112,32)54-40-47-86-72(79)65(13)14;;;/h1,3,5,7,9,11,13,34-58H2,2,4,6,8,10,12,14-33H3;3*1H4. The summed E-state index contributed by atoms with van der Waals surface area (Å²) in [6.45, 7) is 78.2. The van der Waals surface area contributed by atoms with E-state index in [1.165, 1.54) is 0 Å². The number of carbonyl (C=O) groups excluding carboxylic acids is 7. The number of ether oxygens (including phenoxy) is 7. The largest absolute Gasteiger partial charge is 0.462 e. The summed E-state index contributed by atoms with van der Waals surface area (Å²) in [6, 6.07) is 5.58. The summed E-state index contributed by atoms with van der Waals surface area (Å²) in [7, 11) is -44.6. The van der Waals surface area contributed by atoms with Gasteiger partial charge in [-0.3, -0.25) is 0 Å². The van der Waals surface area contributed by atoms with E-state index in [-0.39, 0.29) is 90.8 Å². The zero-order chi connectivity index (χ0) is 86.2. The van der Waals surface area contributed by atoms with Crippen molar-refractivity contribution in [1.29, 1.82) is 0 Å². The maximum Gasteiger partial charge on any atom is 0.333 e. The molecule has 0 amide bonds. The molecule has 2 heterocycles. The molecule has 666 valence electrons. The minimum atomic E-state index is -3.57. The Morgan fingerprint density at radius 1 is 0.243 bits per heavy atom. The monoisotopic (exact) mass is 1860 g/mol. The van der Waals surface area contributed by atoms with Crippen LogP contribution in [0.1, 0.15) is 116 Å². The van der Waals surface area contributed by atoms with E-state index in [1.54, 1.807) is 48.5 Å². The molecule has 115 heavy (non-hydrogen) atoms.